The van der Waals surface area contributed by atoms with E-state index in [1.165, 1.54) is 5.56 Å². The molecule has 0 aromatic heterocycles. The van der Waals surface area contributed by atoms with Gasteiger partial charge in [0.25, 0.3) is 0 Å². The second-order valence-corrected chi connectivity index (χ2v) is 5.54. The van der Waals surface area contributed by atoms with Gasteiger partial charge in [-0.15, -0.1) is 0 Å². The van der Waals surface area contributed by atoms with Gasteiger partial charge in [0.2, 0.25) is 0 Å². The molecule has 1 atom stereocenters. The van der Waals surface area contributed by atoms with Gasteiger partial charge in [-0.1, -0.05) is 61.0 Å². The molecule has 1 nitrogen and oxygen atoms in total. The summed E-state index contributed by atoms with van der Waals surface area (Å²) >= 11 is 6.22. The van der Waals surface area contributed by atoms with E-state index in [4.69, 9.17) is 17.3 Å². The lowest BCUT2D eigenvalue weighted by Crippen LogP contribution is -2.38. The van der Waals surface area contributed by atoms with Crippen LogP contribution < -0.4 is 5.73 Å². The number of benzene rings is 2. The third-order valence-corrected chi connectivity index (χ3v) is 4.15. The minimum Gasteiger partial charge on any atom is -0.321 e. The Morgan fingerprint density at radius 3 is 2.37 bits per heavy atom. The van der Waals surface area contributed by atoms with Crippen molar-refractivity contribution in [3.63, 3.8) is 0 Å². The van der Waals surface area contributed by atoms with Gasteiger partial charge in [-0.05, 0) is 42.5 Å². The van der Waals surface area contributed by atoms with Gasteiger partial charge in [-0.25, -0.2) is 0 Å². The maximum Gasteiger partial charge on any atom is 0.0448 e. The summed E-state index contributed by atoms with van der Waals surface area (Å²) in [4.78, 5) is 0. The highest BCUT2D eigenvalue weighted by Gasteiger charge is 2.26. The Labute approximate surface area is 120 Å². The summed E-state index contributed by atoms with van der Waals surface area (Å²) in [6, 6.07) is 16.5. The van der Waals surface area contributed by atoms with Gasteiger partial charge in [0, 0.05) is 10.6 Å². The van der Waals surface area contributed by atoms with Gasteiger partial charge in [0.15, 0.2) is 0 Å². The molecule has 2 aromatic rings. The quantitative estimate of drug-likeness (QED) is 0.875. The average molecular weight is 274 g/mol. The van der Waals surface area contributed by atoms with E-state index in [0.29, 0.717) is 0 Å². The van der Waals surface area contributed by atoms with E-state index in [1.54, 1.807) is 0 Å². The fourth-order valence-electron chi connectivity index (χ4n) is 2.29. The molecule has 0 saturated carbocycles. The first-order chi connectivity index (χ1) is 9.05. The van der Waals surface area contributed by atoms with E-state index in [2.05, 4.69) is 25.1 Å². The summed E-state index contributed by atoms with van der Waals surface area (Å²) in [5, 5.41) is 0.786. The van der Waals surface area contributed by atoms with Gasteiger partial charge in [0.05, 0.1) is 0 Å². The molecule has 2 rings (SSSR count). The lowest BCUT2D eigenvalue weighted by atomic mass is 9.82. The van der Waals surface area contributed by atoms with E-state index in [1.807, 2.05) is 37.3 Å². The Morgan fingerprint density at radius 2 is 1.79 bits per heavy atom. The zero-order chi connectivity index (χ0) is 13.9. The van der Waals surface area contributed by atoms with Crippen molar-refractivity contribution in [2.75, 3.05) is 0 Å². The van der Waals surface area contributed by atoms with Crippen molar-refractivity contribution in [2.24, 2.45) is 5.73 Å². The molecule has 0 aliphatic carbocycles. The highest BCUT2D eigenvalue weighted by Crippen LogP contribution is 2.29. The first-order valence-corrected chi connectivity index (χ1v) is 7.02. The zero-order valence-corrected chi connectivity index (χ0v) is 12.2. The molecule has 0 spiro atoms. The molecule has 19 heavy (non-hydrogen) atoms. The molecule has 0 radical (unpaired) electrons. The second kappa shape index (κ2) is 5.77. The molecule has 1 unspecified atom stereocenters. The van der Waals surface area contributed by atoms with Crippen molar-refractivity contribution >= 4 is 11.6 Å². The van der Waals surface area contributed by atoms with Crippen LogP contribution in [-0.4, -0.2) is 0 Å². The molecule has 2 N–H and O–H groups in total. The summed E-state index contributed by atoms with van der Waals surface area (Å²) in [6.07, 6.45) is 1.70. The van der Waals surface area contributed by atoms with Crippen LogP contribution in [0.15, 0.2) is 48.5 Å². The summed E-state index contributed by atoms with van der Waals surface area (Å²) < 4.78 is 0. The molecular weight excluding hydrogens is 254 g/mol. The van der Waals surface area contributed by atoms with E-state index >= 15 is 0 Å². The molecular formula is C17H20ClN. The van der Waals surface area contributed by atoms with Gasteiger partial charge in [-0.3, -0.25) is 0 Å². The standard InChI is InChI=1S/C17H20ClN/c1-3-17(19,12-14-7-5-4-6-8-14)15-10-9-13(2)16(18)11-15/h4-11H,3,12,19H2,1-2H3. The molecule has 100 valence electrons. The number of rotatable bonds is 4. The van der Waals surface area contributed by atoms with Crippen LogP contribution in [0.2, 0.25) is 5.02 Å². The fourth-order valence-corrected chi connectivity index (χ4v) is 2.47. The van der Waals surface area contributed by atoms with Crippen LogP contribution in [0.4, 0.5) is 0 Å². The Hall–Kier alpha value is -1.31. The minimum atomic E-state index is -0.362. The van der Waals surface area contributed by atoms with E-state index < -0.39 is 0 Å². The summed E-state index contributed by atoms with van der Waals surface area (Å²) in [5.41, 5.74) is 9.69. The van der Waals surface area contributed by atoms with Crippen LogP contribution in [0.3, 0.4) is 0 Å². The van der Waals surface area contributed by atoms with Crippen LogP contribution in [0.25, 0.3) is 0 Å². The third-order valence-electron chi connectivity index (χ3n) is 3.74. The van der Waals surface area contributed by atoms with Crippen molar-refractivity contribution in [3.05, 3.63) is 70.2 Å². The number of aryl methyl sites for hydroxylation is 1. The van der Waals surface area contributed by atoms with Crippen molar-refractivity contribution in [3.8, 4) is 0 Å². The van der Waals surface area contributed by atoms with Gasteiger partial charge in [0.1, 0.15) is 0 Å². The monoisotopic (exact) mass is 273 g/mol. The van der Waals surface area contributed by atoms with Gasteiger partial charge >= 0.3 is 0 Å². The Balaban J connectivity index is 2.33. The molecule has 0 aliphatic rings. The maximum absolute atomic E-state index is 6.61. The number of nitrogens with two attached hydrogens (primary N) is 1. The number of hydrogen-bond donors (Lipinski definition) is 1. The largest absolute Gasteiger partial charge is 0.321 e. The van der Waals surface area contributed by atoms with Crippen molar-refractivity contribution in [2.45, 2.75) is 32.2 Å². The zero-order valence-electron chi connectivity index (χ0n) is 11.5. The maximum atomic E-state index is 6.61. The molecule has 0 aliphatic heterocycles. The van der Waals surface area contributed by atoms with E-state index in [-0.39, 0.29) is 5.54 Å². The minimum absolute atomic E-state index is 0.362. The van der Waals surface area contributed by atoms with Gasteiger partial charge in [-0.2, -0.15) is 0 Å². The summed E-state index contributed by atoms with van der Waals surface area (Å²) in [5.74, 6) is 0. The lowest BCUT2D eigenvalue weighted by molar-refractivity contribution is 0.425. The number of hydrogen-bond acceptors (Lipinski definition) is 1. The SMILES string of the molecule is CCC(N)(Cc1ccccc1)c1ccc(C)c(Cl)c1. The van der Waals surface area contributed by atoms with Crippen molar-refractivity contribution in [1.82, 2.24) is 0 Å². The van der Waals surface area contributed by atoms with E-state index in [0.717, 1.165) is 29.0 Å². The lowest BCUT2D eigenvalue weighted by Gasteiger charge is -2.29. The molecule has 2 aromatic carbocycles. The smallest absolute Gasteiger partial charge is 0.0448 e. The molecule has 0 bridgehead atoms. The van der Waals surface area contributed by atoms with Crippen molar-refractivity contribution < 1.29 is 0 Å². The molecule has 0 fully saturated rings. The second-order valence-electron chi connectivity index (χ2n) is 5.14. The normalized spacial score (nSPS) is 14.1. The fraction of sp³-hybridized carbons (Fsp3) is 0.294. The topological polar surface area (TPSA) is 26.0 Å². The predicted octanol–water partition coefficient (Wildman–Crippen LogP) is 4.46. The Bertz CT molecular complexity index is 550. The molecule has 0 saturated heterocycles. The van der Waals surface area contributed by atoms with Crippen LogP contribution >= 0.6 is 11.6 Å². The predicted molar refractivity (Wildman–Crippen MR) is 82.5 cm³/mol. The average Bonchev–Trinajstić information content (AvgIpc) is 2.43. The summed E-state index contributed by atoms with van der Waals surface area (Å²) in [7, 11) is 0. The molecule has 0 heterocycles. The van der Waals surface area contributed by atoms with Crippen LogP contribution in [0.5, 0.6) is 0 Å². The Morgan fingerprint density at radius 1 is 1.11 bits per heavy atom. The third kappa shape index (κ3) is 3.17. The van der Waals surface area contributed by atoms with E-state index in [9.17, 15) is 0 Å². The molecule has 2 heteroatoms. The van der Waals surface area contributed by atoms with Crippen LogP contribution in [0.1, 0.15) is 30.0 Å². The van der Waals surface area contributed by atoms with Crippen LogP contribution in [-0.2, 0) is 12.0 Å². The molecule has 0 amide bonds. The Kier molecular flexibility index (Phi) is 4.28. The van der Waals surface area contributed by atoms with Crippen LogP contribution in [0, 0.1) is 6.92 Å². The highest BCUT2D eigenvalue weighted by molar-refractivity contribution is 6.31. The first kappa shape index (κ1) is 14.1. The first-order valence-electron chi connectivity index (χ1n) is 6.64. The van der Waals surface area contributed by atoms with Gasteiger partial charge < -0.3 is 5.73 Å². The van der Waals surface area contributed by atoms with Crippen molar-refractivity contribution in [1.29, 1.82) is 0 Å². The highest BCUT2D eigenvalue weighted by atomic mass is 35.5. The summed E-state index contributed by atoms with van der Waals surface area (Å²) in [6.45, 7) is 4.13. The number of halogens is 1.